The second-order valence-corrected chi connectivity index (χ2v) is 6.67. The van der Waals surface area contributed by atoms with Gasteiger partial charge in [-0.05, 0) is 42.0 Å². The number of amides is 1. The molecule has 0 radical (unpaired) electrons. The van der Waals surface area contributed by atoms with Crippen molar-refractivity contribution in [1.82, 2.24) is 5.16 Å². The molecule has 0 saturated carbocycles. The van der Waals surface area contributed by atoms with Crippen LogP contribution in [0.2, 0.25) is 0 Å². The van der Waals surface area contributed by atoms with Crippen molar-refractivity contribution in [2.45, 2.75) is 25.7 Å². The molecule has 150 valence electrons. The number of aliphatic hydroxyl groups excluding tert-OH is 1. The van der Waals surface area contributed by atoms with E-state index < -0.39 is 6.09 Å². The average Bonchev–Trinajstić information content (AvgIpc) is 3.32. The fourth-order valence-corrected chi connectivity index (χ4v) is 3.61. The number of hydrogen-bond donors (Lipinski definition) is 3. The molecule has 4 rings (SSSR count). The van der Waals surface area contributed by atoms with E-state index in [0.29, 0.717) is 17.1 Å². The Labute approximate surface area is 168 Å². The third kappa shape index (κ3) is 4.05. The molecule has 7 heteroatoms. The van der Waals surface area contributed by atoms with Crippen LogP contribution in [0.5, 0.6) is 0 Å². The highest BCUT2D eigenvalue weighted by molar-refractivity contribution is 5.89. The standard InChI is InChI=1S/C21H18N2O4.CH4O/c1-12-19(22-21(25)26)20(27-23-12)14-4-2-13(3-5-14)15-8-9-18-16(10-15)6-7-17(18)11-24;1-2/h2-5,8-11,17,22H,6-7H2,1H3,(H,25,26);2H,1H3. The number of anilines is 1. The highest BCUT2D eigenvalue weighted by Gasteiger charge is 2.22. The molecule has 1 amide bonds. The van der Waals surface area contributed by atoms with Crippen molar-refractivity contribution in [2.24, 2.45) is 0 Å². The lowest BCUT2D eigenvalue weighted by molar-refractivity contribution is -0.109. The zero-order chi connectivity index (χ0) is 21.0. The second kappa shape index (κ2) is 8.70. The zero-order valence-electron chi connectivity index (χ0n) is 16.2. The van der Waals surface area contributed by atoms with E-state index in [9.17, 15) is 9.59 Å². The van der Waals surface area contributed by atoms with E-state index in [0.717, 1.165) is 48.5 Å². The molecule has 29 heavy (non-hydrogen) atoms. The van der Waals surface area contributed by atoms with E-state index in [4.69, 9.17) is 14.7 Å². The predicted molar refractivity (Wildman–Crippen MR) is 109 cm³/mol. The SMILES string of the molecule is CO.Cc1noc(-c2ccc(-c3ccc4c(c3)CCC4C=O)cc2)c1NC(=O)O. The highest BCUT2D eigenvalue weighted by Crippen LogP contribution is 2.36. The minimum absolute atomic E-state index is 0.0197. The molecule has 3 aromatic rings. The molecule has 1 aliphatic rings. The molecule has 1 atom stereocenters. The molecule has 1 heterocycles. The number of carboxylic acid groups (broad SMARTS) is 1. The average molecular weight is 394 g/mol. The van der Waals surface area contributed by atoms with Gasteiger partial charge in [0.2, 0.25) is 0 Å². The van der Waals surface area contributed by atoms with Crippen LogP contribution in [0, 0.1) is 6.92 Å². The maximum atomic E-state index is 11.1. The van der Waals surface area contributed by atoms with Gasteiger partial charge in [-0.25, -0.2) is 4.79 Å². The number of aromatic nitrogens is 1. The molecule has 0 spiro atoms. The van der Waals surface area contributed by atoms with Crippen molar-refractivity contribution in [3.63, 3.8) is 0 Å². The summed E-state index contributed by atoms with van der Waals surface area (Å²) in [4.78, 5) is 22.1. The van der Waals surface area contributed by atoms with E-state index in [1.54, 1.807) is 6.92 Å². The van der Waals surface area contributed by atoms with Crippen LogP contribution in [-0.2, 0) is 11.2 Å². The van der Waals surface area contributed by atoms with Crippen LogP contribution in [0.3, 0.4) is 0 Å². The molecule has 0 saturated heterocycles. The summed E-state index contributed by atoms with van der Waals surface area (Å²) in [6.07, 6.45) is 1.67. The number of aliphatic hydroxyl groups is 1. The van der Waals surface area contributed by atoms with Crippen LogP contribution in [0.15, 0.2) is 47.0 Å². The Balaban J connectivity index is 0.00000117. The van der Waals surface area contributed by atoms with Crippen molar-refractivity contribution >= 4 is 18.1 Å². The van der Waals surface area contributed by atoms with Crippen LogP contribution in [0.1, 0.15) is 29.2 Å². The monoisotopic (exact) mass is 394 g/mol. The Kier molecular flexibility index (Phi) is 6.09. The van der Waals surface area contributed by atoms with Gasteiger partial charge in [0.05, 0.1) is 0 Å². The first kappa shape index (κ1) is 20.3. The molecule has 1 aromatic heterocycles. The van der Waals surface area contributed by atoms with Crippen LogP contribution in [0.25, 0.3) is 22.5 Å². The van der Waals surface area contributed by atoms with Gasteiger partial charge in [-0.3, -0.25) is 5.32 Å². The molecule has 0 bridgehead atoms. The molecule has 3 N–H and O–H groups in total. The third-order valence-electron chi connectivity index (χ3n) is 5.01. The largest absolute Gasteiger partial charge is 0.465 e. The predicted octanol–water partition coefficient (Wildman–Crippen LogP) is 4.24. The fraction of sp³-hybridized carbons (Fsp3) is 0.227. The summed E-state index contributed by atoms with van der Waals surface area (Å²) in [5.74, 6) is 0.413. The summed E-state index contributed by atoms with van der Waals surface area (Å²) >= 11 is 0. The van der Waals surface area contributed by atoms with Crippen LogP contribution in [-0.4, -0.2) is 34.9 Å². The fourth-order valence-electron chi connectivity index (χ4n) is 3.61. The van der Waals surface area contributed by atoms with Gasteiger partial charge in [0.15, 0.2) is 5.76 Å². The molecule has 0 aliphatic heterocycles. The highest BCUT2D eigenvalue weighted by atomic mass is 16.5. The van der Waals surface area contributed by atoms with Crippen LogP contribution < -0.4 is 5.32 Å². The topological polar surface area (TPSA) is 113 Å². The molecule has 0 fully saturated rings. The van der Waals surface area contributed by atoms with Crippen molar-refractivity contribution in [2.75, 3.05) is 12.4 Å². The molecule has 1 unspecified atom stereocenters. The normalized spacial score (nSPS) is 14.5. The second-order valence-electron chi connectivity index (χ2n) is 6.67. The van der Waals surface area contributed by atoms with Crippen LogP contribution in [0.4, 0.5) is 10.5 Å². The lowest BCUT2D eigenvalue weighted by atomic mass is 9.97. The van der Waals surface area contributed by atoms with Gasteiger partial charge in [0.1, 0.15) is 17.7 Å². The van der Waals surface area contributed by atoms with Gasteiger partial charge in [0.25, 0.3) is 0 Å². The number of benzene rings is 2. The van der Waals surface area contributed by atoms with Gasteiger partial charge < -0.3 is 19.5 Å². The van der Waals surface area contributed by atoms with Crippen LogP contribution >= 0.6 is 0 Å². The minimum Gasteiger partial charge on any atom is -0.465 e. The van der Waals surface area contributed by atoms with Gasteiger partial charge in [0, 0.05) is 18.6 Å². The molecule has 2 aromatic carbocycles. The van der Waals surface area contributed by atoms with Gasteiger partial charge >= 0.3 is 6.09 Å². The van der Waals surface area contributed by atoms with E-state index >= 15 is 0 Å². The maximum Gasteiger partial charge on any atom is 0.409 e. The Bertz CT molecular complexity index is 1020. The summed E-state index contributed by atoms with van der Waals surface area (Å²) in [7, 11) is 1.00. The molecular weight excluding hydrogens is 372 g/mol. The minimum atomic E-state index is -1.16. The van der Waals surface area contributed by atoms with Crippen molar-refractivity contribution in [1.29, 1.82) is 0 Å². The summed E-state index contributed by atoms with van der Waals surface area (Å²) in [6.45, 7) is 1.68. The van der Waals surface area contributed by atoms with E-state index in [-0.39, 0.29) is 5.92 Å². The summed E-state index contributed by atoms with van der Waals surface area (Å²) in [5, 5.41) is 22.2. The number of aryl methyl sites for hydroxylation is 2. The maximum absolute atomic E-state index is 11.1. The van der Waals surface area contributed by atoms with Crippen molar-refractivity contribution in [3.05, 3.63) is 59.3 Å². The number of fused-ring (bicyclic) bond motifs is 1. The molecular formula is C22H22N2O5. The third-order valence-corrected chi connectivity index (χ3v) is 5.01. The number of carbonyl (C=O) groups is 2. The Morgan fingerprint density at radius 1 is 1.14 bits per heavy atom. The number of carbonyl (C=O) groups excluding carboxylic acids is 1. The van der Waals surface area contributed by atoms with Crippen molar-refractivity contribution in [3.8, 4) is 22.5 Å². The lowest BCUT2D eigenvalue weighted by Gasteiger charge is -2.08. The first-order chi connectivity index (χ1) is 14.1. The smallest absolute Gasteiger partial charge is 0.409 e. The summed E-state index contributed by atoms with van der Waals surface area (Å²) in [6, 6.07) is 13.9. The first-order valence-corrected chi connectivity index (χ1v) is 9.16. The Hall–Kier alpha value is -3.45. The van der Waals surface area contributed by atoms with E-state index in [1.807, 2.05) is 36.4 Å². The zero-order valence-corrected chi connectivity index (χ0v) is 16.2. The number of nitrogens with one attached hydrogen (secondary N) is 1. The number of rotatable bonds is 4. The summed E-state index contributed by atoms with van der Waals surface area (Å²) in [5.41, 5.74) is 6.07. The van der Waals surface area contributed by atoms with Gasteiger partial charge in [-0.15, -0.1) is 0 Å². The van der Waals surface area contributed by atoms with Gasteiger partial charge in [-0.1, -0.05) is 47.6 Å². The first-order valence-electron chi connectivity index (χ1n) is 9.16. The Morgan fingerprint density at radius 3 is 2.45 bits per heavy atom. The molecule has 7 nitrogen and oxygen atoms in total. The van der Waals surface area contributed by atoms with Gasteiger partial charge in [-0.2, -0.15) is 0 Å². The number of hydrogen-bond acceptors (Lipinski definition) is 5. The lowest BCUT2D eigenvalue weighted by Crippen LogP contribution is -2.08. The quantitative estimate of drug-likeness (QED) is 0.571. The molecule has 1 aliphatic carbocycles. The number of nitrogens with zero attached hydrogens (tertiary/aromatic N) is 1. The summed E-state index contributed by atoms with van der Waals surface area (Å²) < 4.78 is 5.30. The van der Waals surface area contributed by atoms with E-state index in [1.165, 1.54) is 5.56 Å². The number of aldehydes is 1. The van der Waals surface area contributed by atoms with Crippen molar-refractivity contribution < 1.29 is 24.3 Å². The van der Waals surface area contributed by atoms with E-state index in [2.05, 4.69) is 16.5 Å². The Morgan fingerprint density at radius 2 is 1.79 bits per heavy atom.